The average Bonchev–Trinajstić information content (AvgIpc) is 2.09. The van der Waals surface area contributed by atoms with Gasteiger partial charge in [0.1, 0.15) is 5.69 Å². The van der Waals surface area contributed by atoms with E-state index in [2.05, 4.69) is 0 Å². The van der Waals surface area contributed by atoms with Gasteiger partial charge in [-0.25, -0.2) is 8.78 Å². The van der Waals surface area contributed by atoms with Crippen molar-refractivity contribution in [1.82, 2.24) is 4.48 Å². The fraction of sp³-hybridized carbons (Fsp3) is 0.333. The Balaban J connectivity index is 3.68. The molecule has 15 heavy (non-hydrogen) atoms. The van der Waals surface area contributed by atoms with E-state index in [1.807, 2.05) is 0 Å². The molecule has 0 bridgehead atoms. The lowest BCUT2D eigenvalue weighted by Gasteiger charge is -2.24. The first kappa shape index (κ1) is 11.8. The maximum absolute atomic E-state index is 13.3. The van der Waals surface area contributed by atoms with E-state index < -0.39 is 34.6 Å². The van der Waals surface area contributed by atoms with Crippen molar-refractivity contribution in [2.45, 2.75) is 0 Å². The van der Waals surface area contributed by atoms with Gasteiger partial charge in [0.2, 0.25) is 17.3 Å². The van der Waals surface area contributed by atoms with E-state index in [9.17, 15) is 17.6 Å². The highest BCUT2D eigenvalue weighted by Gasteiger charge is 2.32. The maximum Gasteiger partial charge on any atom is 0.224 e. The third-order valence-electron chi connectivity index (χ3n) is 1.94. The van der Waals surface area contributed by atoms with Crippen molar-refractivity contribution < 1.29 is 17.6 Å². The summed E-state index contributed by atoms with van der Waals surface area (Å²) in [7, 11) is 4.16. The highest BCUT2D eigenvalue weighted by atomic mass is 19.2. The first-order valence-electron chi connectivity index (χ1n) is 4.11. The Labute approximate surface area is 84.5 Å². The van der Waals surface area contributed by atoms with Crippen molar-refractivity contribution in [2.24, 2.45) is 0 Å². The molecule has 2 nitrogen and oxygen atoms in total. The van der Waals surface area contributed by atoms with Gasteiger partial charge in [0.05, 0.1) is 21.1 Å². The molecule has 0 radical (unpaired) electrons. The standard InChI is InChI=1S/C9H11F4N2/c1-15(2,3)9-6(12)4(10)8(14)5(11)7(9)13/h14H2,1-3H3/q+1. The van der Waals surface area contributed by atoms with Crippen LogP contribution in [0.25, 0.3) is 0 Å². The Morgan fingerprint density at radius 1 is 0.800 bits per heavy atom. The maximum atomic E-state index is 13.3. The molecule has 0 aromatic heterocycles. The molecule has 0 atom stereocenters. The molecule has 0 aliphatic heterocycles. The number of anilines is 1. The molecule has 0 aliphatic carbocycles. The third-order valence-corrected chi connectivity index (χ3v) is 1.94. The quantitative estimate of drug-likeness (QED) is 0.335. The number of rotatable bonds is 1. The Morgan fingerprint density at radius 3 is 1.40 bits per heavy atom. The largest absolute Gasteiger partial charge is 0.394 e. The molecule has 0 unspecified atom stereocenters. The van der Waals surface area contributed by atoms with Gasteiger partial charge in [-0.2, -0.15) is 8.78 Å². The second kappa shape index (κ2) is 3.37. The van der Waals surface area contributed by atoms with Crippen molar-refractivity contribution in [3.8, 4) is 0 Å². The molecule has 0 aliphatic rings. The van der Waals surface area contributed by atoms with Crippen molar-refractivity contribution in [1.29, 1.82) is 0 Å². The molecule has 1 aromatic carbocycles. The topological polar surface area (TPSA) is 26.0 Å². The van der Waals surface area contributed by atoms with Crippen LogP contribution in [0.5, 0.6) is 0 Å². The van der Waals surface area contributed by atoms with E-state index in [1.165, 1.54) is 21.1 Å². The number of benzene rings is 1. The number of quaternary nitrogens is 1. The molecule has 1 aromatic rings. The molecule has 2 N–H and O–H groups in total. The second-order valence-electron chi connectivity index (χ2n) is 4.03. The van der Waals surface area contributed by atoms with Crippen LogP contribution in [0.1, 0.15) is 0 Å². The molecule has 0 spiro atoms. The molecule has 0 amide bonds. The highest BCUT2D eigenvalue weighted by Crippen LogP contribution is 2.33. The SMILES string of the molecule is C[N+](C)(C)c1c(F)c(F)c(N)c(F)c1F. The van der Waals surface area contributed by atoms with E-state index in [0.717, 1.165) is 0 Å². The van der Waals surface area contributed by atoms with Crippen LogP contribution in [0.15, 0.2) is 0 Å². The first-order chi connectivity index (χ1) is 6.68. The normalized spacial score (nSPS) is 11.9. The average molecular weight is 223 g/mol. The van der Waals surface area contributed by atoms with E-state index in [1.54, 1.807) is 0 Å². The van der Waals surface area contributed by atoms with Gasteiger partial charge in [0, 0.05) is 0 Å². The molecular weight excluding hydrogens is 212 g/mol. The van der Waals surface area contributed by atoms with Crippen molar-refractivity contribution in [3.63, 3.8) is 0 Å². The fourth-order valence-electron chi connectivity index (χ4n) is 1.23. The summed E-state index contributed by atoms with van der Waals surface area (Å²) in [6.45, 7) is 0. The summed E-state index contributed by atoms with van der Waals surface area (Å²) in [5.41, 5.74) is 3.03. The van der Waals surface area contributed by atoms with Crippen molar-refractivity contribution >= 4 is 11.4 Å². The number of nitrogens with two attached hydrogens (primary N) is 1. The number of halogens is 4. The van der Waals surface area contributed by atoms with E-state index in [4.69, 9.17) is 5.73 Å². The van der Waals surface area contributed by atoms with Gasteiger partial charge < -0.3 is 5.73 Å². The van der Waals surface area contributed by atoms with Gasteiger partial charge in [0.15, 0.2) is 11.6 Å². The van der Waals surface area contributed by atoms with Crippen LogP contribution in [0.4, 0.5) is 28.9 Å². The smallest absolute Gasteiger partial charge is 0.224 e. The van der Waals surface area contributed by atoms with Crippen LogP contribution < -0.4 is 10.2 Å². The molecule has 84 valence electrons. The predicted molar refractivity (Wildman–Crippen MR) is 50.3 cm³/mol. The van der Waals surface area contributed by atoms with E-state index >= 15 is 0 Å². The number of nitrogen functional groups attached to an aromatic ring is 1. The summed E-state index contributed by atoms with van der Waals surface area (Å²) in [5, 5.41) is 0. The summed E-state index contributed by atoms with van der Waals surface area (Å²) in [6.07, 6.45) is 0. The van der Waals surface area contributed by atoms with Crippen LogP contribution in [-0.4, -0.2) is 21.1 Å². The lowest BCUT2D eigenvalue weighted by atomic mass is 10.2. The van der Waals surface area contributed by atoms with Crippen LogP contribution in [-0.2, 0) is 0 Å². The van der Waals surface area contributed by atoms with Gasteiger partial charge in [0.25, 0.3) is 0 Å². The van der Waals surface area contributed by atoms with Crippen LogP contribution in [0.2, 0.25) is 0 Å². The predicted octanol–water partition coefficient (Wildman–Crippen LogP) is 2.02. The number of nitrogens with zero attached hydrogens (tertiary/aromatic N) is 1. The minimum Gasteiger partial charge on any atom is -0.394 e. The van der Waals surface area contributed by atoms with Gasteiger partial charge >= 0.3 is 0 Å². The second-order valence-corrected chi connectivity index (χ2v) is 4.03. The Hall–Kier alpha value is -1.30. The Kier molecular flexibility index (Phi) is 2.65. The molecule has 6 heteroatoms. The van der Waals surface area contributed by atoms with Crippen LogP contribution in [0, 0.1) is 23.3 Å². The monoisotopic (exact) mass is 223 g/mol. The van der Waals surface area contributed by atoms with E-state index in [-0.39, 0.29) is 4.48 Å². The number of hydrogen-bond donors (Lipinski definition) is 1. The third kappa shape index (κ3) is 1.77. The summed E-state index contributed by atoms with van der Waals surface area (Å²) >= 11 is 0. The Bertz CT molecular complexity index is 381. The minimum atomic E-state index is -1.56. The summed E-state index contributed by atoms with van der Waals surface area (Å²) < 4.78 is 52.4. The number of hydrogen-bond acceptors (Lipinski definition) is 1. The fourth-order valence-corrected chi connectivity index (χ4v) is 1.23. The molecule has 0 heterocycles. The minimum absolute atomic E-state index is 0.383. The molecule has 1 rings (SSSR count). The van der Waals surface area contributed by atoms with Gasteiger partial charge in [-0.15, -0.1) is 0 Å². The van der Waals surface area contributed by atoms with E-state index in [0.29, 0.717) is 0 Å². The van der Waals surface area contributed by atoms with Gasteiger partial charge in [-0.05, 0) is 0 Å². The summed E-state index contributed by atoms with van der Waals surface area (Å²) in [6, 6.07) is 0. The van der Waals surface area contributed by atoms with Gasteiger partial charge in [-0.1, -0.05) is 0 Å². The van der Waals surface area contributed by atoms with Crippen LogP contribution >= 0.6 is 0 Å². The Morgan fingerprint density at radius 2 is 1.13 bits per heavy atom. The first-order valence-corrected chi connectivity index (χ1v) is 4.11. The summed E-state index contributed by atoms with van der Waals surface area (Å²) in [4.78, 5) is 0. The lowest BCUT2D eigenvalue weighted by molar-refractivity contribution is 0.391. The molecule has 0 saturated carbocycles. The van der Waals surface area contributed by atoms with Crippen LogP contribution in [0.3, 0.4) is 0 Å². The highest BCUT2D eigenvalue weighted by molar-refractivity contribution is 5.55. The summed E-state index contributed by atoms with van der Waals surface area (Å²) in [5.74, 6) is -6.04. The van der Waals surface area contributed by atoms with Crippen molar-refractivity contribution in [3.05, 3.63) is 23.3 Å². The zero-order valence-corrected chi connectivity index (χ0v) is 8.54. The molecular formula is C9H11F4N2+. The lowest BCUT2D eigenvalue weighted by Crippen LogP contribution is -2.37. The molecule has 0 saturated heterocycles. The zero-order chi connectivity index (χ0) is 12.0. The zero-order valence-electron chi connectivity index (χ0n) is 8.54. The van der Waals surface area contributed by atoms with Crippen molar-refractivity contribution in [2.75, 3.05) is 26.9 Å². The molecule has 0 fully saturated rings. The van der Waals surface area contributed by atoms with Gasteiger partial charge in [-0.3, -0.25) is 4.48 Å².